The molecule has 2 heterocycles. The van der Waals surface area contributed by atoms with Gasteiger partial charge in [0.15, 0.2) is 0 Å². The van der Waals surface area contributed by atoms with E-state index in [1.165, 1.54) is 4.90 Å². The molecular formula is C25H29N3O4. The van der Waals surface area contributed by atoms with Crippen molar-refractivity contribution in [2.75, 3.05) is 46.9 Å². The van der Waals surface area contributed by atoms with Gasteiger partial charge in [-0.2, -0.15) is 0 Å². The van der Waals surface area contributed by atoms with Gasteiger partial charge in [-0.05, 0) is 41.9 Å². The SMILES string of the molecule is CCN1CCN(C2=C(c3ccc(OC)cc3)C(=O)N(Cc3ccc(OC)cc3)C2=O)CC1. The van der Waals surface area contributed by atoms with Crippen LogP contribution in [0.1, 0.15) is 18.1 Å². The fourth-order valence-corrected chi connectivity index (χ4v) is 4.22. The number of carbonyl (C=O) groups excluding carboxylic acids is 2. The number of amides is 2. The van der Waals surface area contributed by atoms with Crippen molar-refractivity contribution in [1.82, 2.24) is 14.7 Å². The molecule has 7 heteroatoms. The molecule has 0 radical (unpaired) electrons. The number of methoxy groups -OCH3 is 2. The summed E-state index contributed by atoms with van der Waals surface area (Å²) in [5.41, 5.74) is 2.58. The van der Waals surface area contributed by atoms with Gasteiger partial charge in [0.1, 0.15) is 17.2 Å². The van der Waals surface area contributed by atoms with Crippen molar-refractivity contribution in [2.45, 2.75) is 13.5 Å². The van der Waals surface area contributed by atoms with Crippen LogP contribution in [0, 0.1) is 0 Å². The molecule has 1 fully saturated rings. The van der Waals surface area contributed by atoms with Crippen molar-refractivity contribution >= 4 is 17.4 Å². The third-order valence-electron chi connectivity index (χ3n) is 6.16. The number of piperazine rings is 1. The minimum atomic E-state index is -0.260. The summed E-state index contributed by atoms with van der Waals surface area (Å²) in [6, 6.07) is 14.8. The molecule has 4 rings (SSSR count). The van der Waals surface area contributed by atoms with E-state index in [-0.39, 0.29) is 18.4 Å². The van der Waals surface area contributed by atoms with Crippen LogP contribution in [-0.4, -0.2) is 73.5 Å². The topological polar surface area (TPSA) is 62.3 Å². The molecule has 2 aromatic rings. The van der Waals surface area contributed by atoms with Gasteiger partial charge in [0, 0.05) is 26.2 Å². The number of hydrogen-bond acceptors (Lipinski definition) is 6. The highest BCUT2D eigenvalue weighted by atomic mass is 16.5. The van der Waals surface area contributed by atoms with Gasteiger partial charge in [-0.15, -0.1) is 0 Å². The van der Waals surface area contributed by atoms with Crippen LogP contribution in [0.5, 0.6) is 11.5 Å². The Morgan fingerprint density at radius 1 is 0.781 bits per heavy atom. The van der Waals surface area contributed by atoms with E-state index in [1.54, 1.807) is 14.2 Å². The maximum absolute atomic E-state index is 13.5. The monoisotopic (exact) mass is 435 g/mol. The van der Waals surface area contributed by atoms with Crippen LogP contribution in [0.2, 0.25) is 0 Å². The standard InChI is InChI=1S/C25H29N3O4/c1-4-26-13-15-27(16-14-26)23-22(19-7-11-21(32-3)12-8-19)24(29)28(25(23)30)17-18-5-9-20(31-2)10-6-18/h5-12H,4,13-17H2,1-3H3. The summed E-state index contributed by atoms with van der Waals surface area (Å²) in [5.74, 6) is 0.948. The maximum atomic E-state index is 13.5. The number of likely N-dealkylation sites (N-methyl/N-ethyl adjacent to an activating group) is 1. The summed E-state index contributed by atoms with van der Waals surface area (Å²) < 4.78 is 10.5. The molecular weight excluding hydrogens is 406 g/mol. The molecule has 0 unspecified atom stereocenters. The summed E-state index contributed by atoms with van der Waals surface area (Å²) in [7, 11) is 3.21. The zero-order chi connectivity index (χ0) is 22.7. The number of carbonyl (C=O) groups is 2. The molecule has 2 amide bonds. The Morgan fingerprint density at radius 3 is 1.88 bits per heavy atom. The van der Waals surface area contributed by atoms with Crippen molar-refractivity contribution in [3.05, 3.63) is 65.4 Å². The molecule has 0 saturated carbocycles. The lowest BCUT2D eigenvalue weighted by Gasteiger charge is -2.36. The predicted molar refractivity (Wildman–Crippen MR) is 122 cm³/mol. The molecule has 0 bridgehead atoms. The first-order valence-electron chi connectivity index (χ1n) is 10.9. The lowest BCUT2D eigenvalue weighted by atomic mass is 10.0. The zero-order valence-electron chi connectivity index (χ0n) is 18.8. The molecule has 168 valence electrons. The number of ether oxygens (including phenoxy) is 2. The molecule has 2 aromatic carbocycles. The van der Waals surface area contributed by atoms with Crippen LogP contribution in [-0.2, 0) is 16.1 Å². The van der Waals surface area contributed by atoms with Crippen LogP contribution in [0.4, 0.5) is 0 Å². The Labute approximate surface area is 188 Å². The highest BCUT2D eigenvalue weighted by Gasteiger charge is 2.42. The lowest BCUT2D eigenvalue weighted by molar-refractivity contribution is -0.138. The van der Waals surface area contributed by atoms with E-state index in [0.29, 0.717) is 17.0 Å². The number of nitrogens with zero attached hydrogens (tertiary/aromatic N) is 3. The van der Waals surface area contributed by atoms with E-state index >= 15 is 0 Å². The molecule has 0 atom stereocenters. The molecule has 2 aliphatic heterocycles. The summed E-state index contributed by atoms with van der Waals surface area (Å²) in [6.45, 7) is 6.52. The largest absolute Gasteiger partial charge is 0.497 e. The van der Waals surface area contributed by atoms with Crippen LogP contribution >= 0.6 is 0 Å². The van der Waals surface area contributed by atoms with Gasteiger partial charge in [0.05, 0.1) is 26.3 Å². The second-order valence-electron chi connectivity index (χ2n) is 7.92. The number of hydrogen-bond donors (Lipinski definition) is 0. The van der Waals surface area contributed by atoms with Gasteiger partial charge in [-0.1, -0.05) is 31.2 Å². The highest BCUT2D eigenvalue weighted by molar-refractivity contribution is 6.35. The molecule has 32 heavy (non-hydrogen) atoms. The number of imide groups is 1. The van der Waals surface area contributed by atoms with Crippen molar-refractivity contribution in [2.24, 2.45) is 0 Å². The Hall–Kier alpha value is -3.32. The van der Waals surface area contributed by atoms with Gasteiger partial charge in [0.25, 0.3) is 11.8 Å². The van der Waals surface area contributed by atoms with Crippen molar-refractivity contribution in [3.63, 3.8) is 0 Å². The van der Waals surface area contributed by atoms with Crippen LogP contribution < -0.4 is 9.47 Å². The lowest BCUT2D eigenvalue weighted by Crippen LogP contribution is -2.47. The number of benzene rings is 2. The van der Waals surface area contributed by atoms with E-state index in [4.69, 9.17) is 9.47 Å². The van der Waals surface area contributed by atoms with E-state index in [0.717, 1.165) is 49.6 Å². The van der Waals surface area contributed by atoms with Crippen molar-refractivity contribution in [1.29, 1.82) is 0 Å². The fraction of sp³-hybridized carbons (Fsp3) is 0.360. The normalized spacial score (nSPS) is 17.3. The Balaban J connectivity index is 1.67. The Kier molecular flexibility index (Phi) is 6.46. The summed E-state index contributed by atoms with van der Waals surface area (Å²) in [5, 5.41) is 0. The first-order chi connectivity index (χ1) is 15.5. The first-order valence-corrected chi connectivity index (χ1v) is 10.9. The first kappa shape index (κ1) is 21.9. The van der Waals surface area contributed by atoms with E-state index in [9.17, 15) is 9.59 Å². The summed E-state index contributed by atoms with van der Waals surface area (Å²) >= 11 is 0. The quantitative estimate of drug-likeness (QED) is 0.623. The molecule has 1 saturated heterocycles. The van der Waals surface area contributed by atoms with Gasteiger partial charge in [0.2, 0.25) is 0 Å². The average molecular weight is 436 g/mol. The van der Waals surface area contributed by atoms with Gasteiger partial charge in [-0.25, -0.2) is 0 Å². The summed E-state index contributed by atoms with van der Waals surface area (Å²) in [6.07, 6.45) is 0. The third kappa shape index (κ3) is 4.21. The highest BCUT2D eigenvalue weighted by Crippen LogP contribution is 2.34. The molecule has 2 aliphatic rings. The van der Waals surface area contributed by atoms with Crippen molar-refractivity contribution < 1.29 is 19.1 Å². The Bertz CT molecular complexity index is 1010. The minimum absolute atomic E-state index is 0.222. The second-order valence-corrected chi connectivity index (χ2v) is 7.92. The molecule has 0 spiro atoms. The number of rotatable bonds is 7. The van der Waals surface area contributed by atoms with Gasteiger partial charge in [-0.3, -0.25) is 14.5 Å². The van der Waals surface area contributed by atoms with E-state index in [1.807, 2.05) is 48.5 Å². The van der Waals surface area contributed by atoms with Crippen LogP contribution in [0.25, 0.3) is 5.57 Å². The van der Waals surface area contributed by atoms with Crippen LogP contribution in [0.3, 0.4) is 0 Å². The van der Waals surface area contributed by atoms with Crippen LogP contribution in [0.15, 0.2) is 54.2 Å². The van der Waals surface area contributed by atoms with E-state index < -0.39 is 0 Å². The molecule has 7 nitrogen and oxygen atoms in total. The van der Waals surface area contributed by atoms with Crippen molar-refractivity contribution in [3.8, 4) is 11.5 Å². The molecule has 0 aromatic heterocycles. The maximum Gasteiger partial charge on any atom is 0.278 e. The smallest absolute Gasteiger partial charge is 0.278 e. The zero-order valence-corrected chi connectivity index (χ0v) is 18.8. The third-order valence-corrected chi connectivity index (χ3v) is 6.16. The van der Waals surface area contributed by atoms with Gasteiger partial charge < -0.3 is 19.3 Å². The molecule has 0 aliphatic carbocycles. The predicted octanol–water partition coefficient (Wildman–Crippen LogP) is 2.62. The average Bonchev–Trinajstić information content (AvgIpc) is 3.09. The Morgan fingerprint density at radius 2 is 1.34 bits per heavy atom. The summed E-state index contributed by atoms with van der Waals surface area (Å²) in [4.78, 5) is 32.8. The molecule has 0 N–H and O–H groups in total. The van der Waals surface area contributed by atoms with E-state index in [2.05, 4.69) is 16.7 Å². The fourth-order valence-electron chi connectivity index (χ4n) is 4.22. The minimum Gasteiger partial charge on any atom is -0.497 e. The van der Waals surface area contributed by atoms with Gasteiger partial charge >= 0.3 is 0 Å². The second kappa shape index (κ2) is 9.44.